The number of hydrogen-bond acceptors (Lipinski definition) is 30. The number of anilines is 3. The second-order valence-electron chi connectivity index (χ2n) is 29.2. The lowest BCUT2D eigenvalue weighted by atomic mass is 10.2. The zero-order valence-electron chi connectivity index (χ0n) is 70.5. The van der Waals surface area contributed by atoms with Crippen LogP contribution in [0, 0.1) is 20.8 Å². The van der Waals surface area contributed by atoms with Gasteiger partial charge in [0.2, 0.25) is 21.8 Å². The van der Waals surface area contributed by atoms with Gasteiger partial charge in [0.25, 0.3) is 0 Å². The fraction of sp³-hybridized carbons (Fsp3) is 0.256. The number of nitrogens with zero attached hydrogens (tertiary/aromatic N) is 26. The fourth-order valence-electron chi connectivity index (χ4n) is 14.3. The molecule has 5 N–H and O–H groups in total. The van der Waals surface area contributed by atoms with Gasteiger partial charge in [0, 0.05) is 85.3 Å². The van der Waals surface area contributed by atoms with Gasteiger partial charge in [0.1, 0.15) is 48.9 Å². The Kier molecular flexibility index (Phi) is 27.8. The van der Waals surface area contributed by atoms with Gasteiger partial charge in [-0.15, -0.1) is 0 Å². The lowest BCUT2D eigenvalue weighted by molar-refractivity contribution is -0.144. The predicted molar refractivity (Wildman–Crippen MR) is 485 cm³/mol. The maximum Gasteiger partial charge on any atom is 0.326 e. The molecule has 20 rings (SSSR count). The van der Waals surface area contributed by atoms with Crippen LogP contribution in [-0.4, -0.2) is 236 Å². The van der Waals surface area contributed by atoms with Gasteiger partial charge in [0.05, 0.1) is 99.1 Å². The van der Waals surface area contributed by atoms with Crippen LogP contribution in [0.2, 0.25) is 21.0 Å². The molecule has 2 aliphatic rings. The van der Waals surface area contributed by atoms with Crippen molar-refractivity contribution in [2.75, 3.05) is 94.0 Å². The Morgan fingerprint density at radius 3 is 1.23 bits per heavy atom. The van der Waals surface area contributed by atoms with E-state index in [1.165, 1.54) is 40.1 Å². The van der Waals surface area contributed by atoms with Gasteiger partial charge in [0.15, 0.2) is 61.7 Å². The van der Waals surface area contributed by atoms with E-state index in [1.807, 2.05) is 112 Å². The van der Waals surface area contributed by atoms with Crippen LogP contribution in [0.25, 0.3) is 106 Å². The zero-order valence-corrected chi connectivity index (χ0v) is 73.5. The summed E-state index contributed by atoms with van der Waals surface area (Å²) in [6, 6.07) is 38.4. The van der Waals surface area contributed by atoms with E-state index in [0.29, 0.717) is 107 Å². The highest BCUT2D eigenvalue weighted by atomic mass is 35.5. The summed E-state index contributed by atoms with van der Waals surface area (Å²) < 4.78 is 31.1. The van der Waals surface area contributed by atoms with Crippen molar-refractivity contribution in [2.24, 2.45) is 0 Å². The van der Waals surface area contributed by atoms with Crippen molar-refractivity contribution in [3.05, 3.63) is 209 Å². The van der Waals surface area contributed by atoms with Crippen molar-refractivity contribution in [3.8, 4) is 34.7 Å². The summed E-state index contributed by atoms with van der Waals surface area (Å²) in [7, 11) is 1.65. The van der Waals surface area contributed by atoms with Gasteiger partial charge >= 0.3 is 23.9 Å². The summed E-state index contributed by atoms with van der Waals surface area (Å²) in [6.07, 6.45) is 13.1. The molecule has 12 aromatic heterocycles. The first-order chi connectivity index (χ1) is 62.5. The number of methoxy groups -OCH3 is 1. The monoisotopic (exact) mass is 1820 g/mol. The average Bonchev–Trinajstić information content (AvgIpc) is 1.62. The summed E-state index contributed by atoms with van der Waals surface area (Å²) in [5.41, 5.74) is 13.0. The Labute approximate surface area is 753 Å². The number of aromatic hydroxyl groups is 2. The number of rotatable bonds is 18. The molecule has 0 aliphatic carbocycles. The Balaban J connectivity index is 0.000000124. The van der Waals surface area contributed by atoms with Crippen molar-refractivity contribution in [3.63, 3.8) is 0 Å². The van der Waals surface area contributed by atoms with E-state index in [0.717, 1.165) is 111 Å². The predicted octanol–water partition coefficient (Wildman–Crippen LogP) is 12.0. The number of aliphatic carboxylic acids is 1. The van der Waals surface area contributed by atoms with Crippen molar-refractivity contribution in [1.82, 2.24) is 123 Å². The number of halogens is 4. The van der Waals surface area contributed by atoms with Gasteiger partial charge in [-0.1, -0.05) is 46.5 Å². The maximum atomic E-state index is 11.8. The third-order valence-corrected chi connectivity index (χ3v) is 21.1. The number of carboxylic acids is 1. The molecule has 43 heteroatoms. The van der Waals surface area contributed by atoms with Crippen molar-refractivity contribution in [1.29, 1.82) is 0 Å². The van der Waals surface area contributed by atoms with Gasteiger partial charge < -0.3 is 72.6 Å². The SMILES string of the molecule is CCOC(=O)Cn1cnc2c(-n3ncc4cc(C)ccc43)nc(Cl)nc21.CCOC(=O)Cn1cnc2c(-n3ncc4cc(C)ccc43)nc(Cl)nc21.CCOC(=O)Cn1cnc2c(Cl)nc(Cl)nc21.COc1ccc2[nH]ncc2c1.Cc1ccc2c(cnn2-c2nc(N3CCN(c4ccc(O)cc4)CC3)nc3c2ncn3CC(=O)O)c1.Oc1ccc(N2CCNCC2)cc1. The number of piperazine rings is 2. The summed E-state index contributed by atoms with van der Waals surface area (Å²) in [5, 5.41) is 55.9. The van der Waals surface area contributed by atoms with Crippen LogP contribution < -0.4 is 24.8 Å². The number of esters is 3. The Morgan fingerprint density at radius 2 is 0.806 bits per heavy atom. The maximum absolute atomic E-state index is 11.8. The molecule has 2 fully saturated rings. The number of aromatic nitrogens is 24. The number of ether oxygens (including phenoxy) is 4. The normalized spacial score (nSPS) is 12.6. The van der Waals surface area contributed by atoms with E-state index in [2.05, 4.69) is 101 Å². The number of hydrogen-bond donors (Lipinski definition) is 5. The van der Waals surface area contributed by atoms with Gasteiger partial charge in [-0.2, -0.15) is 55.3 Å². The number of fused-ring (bicyclic) bond motifs is 8. The van der Waals surface area contributed by atoms with E-state index >= 15 is 0 Å². The van der Waals surface area contributed by atoms with Crippen LogP contribution in [-0.2, 0) is 59.6 Å². The number of phenols is 2. The highest BCUT2D eigenvalue weighted by molar-refractivity contribution is 6.35. The van der Waals surface area contributed by atoms with Gasteiger partial charge in [-0.05, 0) is 179 Å². The number of nitrogens with one attached hydrogen (secondary N) is 2. The molecule has 14 heterocycles. The molecule has 2 aliphatic heterocycles. The molecular weight excluding hydrogens is 1740 g/mol. The molecule has 0 spiro atoms. The van der Waals surface area contributed by atoms with E-state index in [1.54, 1.807) is 100 Å². The molecular formula is C86H84Cl4N28O11. The zero-order chi connectivity index (χ0) is 90.5. The standard InChI is InChI=1S/C25H24N8O3.2C17H15ClN6O2.C10H14N2O.C9H8Cl2N4O2.C8H8N2O/c1-16-2-7-20-17(12-16)13-27-33(20)24-22-23(32(15-26-22)14-21(35)36)28-25(29-24)31-10-8-30(9-11-31)18-3-5-19(34)6-4-18;2*1-3-26-13(25)8-23-9-19-14-15(23)21-17(18)22-16(14)24-12-5-4-10(2)6-11(12)7-20-24;13-10-3-1-9(2-4-10)12-7-5-11-6-8-12;1-2-17-5(16)3-15-4-12-6-7(10)13-9(11)14-8(6)15;1-11-7-2-3-8-6(4-7)5-9-10-8/h2-7,12-13,15,34H,8-11,14H2,1H3,(H,35,36);2*4-7,9H,3,8H2,1-2H3;1-4,11,13H,5-8H2;4H,2-3H2,1H3;2-5H,1H3,(H,9,10). The molecule has 0 radical (unpaired) electrons. The molecule has 6 aromatic carbocycles. The topological polar surface area (TPSA) is 444 Å². The quantitative estimate of drug-likeness (QED) is 0.0230. The molecule has 0 saturated carbocycles. The van der Waals surface area contributed by atoms with E-state index < -0.39 is 5.97 Å². The van der Waals surface area contributed by atoms with Crippen LogP contribution in [0.4, 0.5) is 17.3 Å². The number of carboxylic acid groups (broad SMARTS) is 1. The number of imidazole rings is 4. The molecule has 0 atom stereocenters. The number of carbonyl (C=O) groups is 4. The van der Waals surface area contributed by atoms with Crippen LogP contribution in [0.5, 0.6) is 17.2 Å². The van der Waals surface area contributed by atoms with Gasteiger partial charge in [-0.3, -0.25) is 24.3 Å². The molecule has 129 heavy (non-hydrogen) atoms. The molecule has 0 amide bonds. The smallest absolute Gasteiger partial charge is 0.326 e. The lowest BCUT2D eigenvalue weighted by Crippen LogP contribution is -2.47. The second kappa shape index (κ2) is 40.2. The second-order valence-corrected chi connectivity index (χ2v) is 30.5. The third kappa shape index (κ3) is 20.8. The largest absolute Gasteiger partial charge is 0.508 e. The number of H-pyrrole nitrogens is 1. The Bertz CT molecular complexity index is 6900. The third-order valence-electron chi connectivity index (χ3n) is 20.3. The minimum Gasteiger partial charge on any atom is -0.508 e. The molecule has 662 valence electrons. The highest BCUT2D eigenvalue weighted by Gasteiger charge is 2.27. The summed E-state index contributed by atoms with van der Waals surface area (Å²) in [5.74, 6) is 1.28. The van der Waals surface area contributed by atoms with Crippen LogP contribution in [0.3, 0.4) is 0 Å². The Hall–Kier alpha value is -14.8. The molecule has 0 unspecified atom stereocenters. The van der Waals surface area contributed by atoms with Crippen LogP contribution in [0.1, 0.15) is 37.5 Å². The number of aromatic amines is 1. The molecule has 39 nitrogen and oxygen atoms in total. The van der Waals surface area contributed by atoms with Crippen molar-refractivity contribution >= 4 is 176 Å². The van der Waals surface area contributed by atoms with Crippen LogP contribution >= 0.6 is 46.4 Å². The van der Waals surface area contributed by atoms with Crippen molar-refractivity contribution < 1.29 is 53.4 Å². The molecule has 2 saturated heterocycles. The average molecular weight is 1830 g/mol. The number of carbonyl (C=O) groups excluding carboxylic acids is 3. The summed E-state index contributed by atoms with van der Waals surface area (Å²) in [4.78, 5) is 105. The van der Waals surface area contributed by atoms with E-state index in [9.17, 15) is 29.4 Å². The van der Waals surface area contributed by atoms with Crippen LogP contribution in [0.15, 0.2) is 171 Å². The number of phenolic OH excluding ortho intramolecular Hbond substituents is 2. The first-order valence-corrected chi connectivity index (χ1v) is 42.1. The number of benzene rings is 6. The fourth-order valence-corrected chi connectivity index (χ4v) is 15.0. The first-order valence-electron chi connectivity index (χ1n) is 40.5. The minimum atomic E-state index is -0.974. The van der Waals surface area contributed by atoms with E-state index in [-0.39, 0.29) is 70.8 Å². The van der Waals surface area contributed by atoms with Crippen molar-refractivity contribution in [2.45, 2.75) is 67.7 Å². The summed E-state index contributed by atoms with van der Waals surface area (Å²) in [6.45, 7) is 19.0. The van der Waals surface area contributed by atoms with Gasteiger partial charge in [-0.25, -0.2) is 39.0 Å². The first kappa shape index (κ1) is 89.0. The lowest BCUT2D eigenvalue weighted by Gasteiger charge is -2.36. The Morgan fingerprint density at radius 1 is 0.419 bits per heavy atom. The molecule has 18 aromatic rings. The highest BCUT2D eigenvalue weighted by Crippen LogP contribution is 2.32. The molecule has 0 bridgehead atoms. The summed E-state index contributed by atoms with van der Waals surface area (Å²) >= 11 is 23.8. The minimum absolute atomic E-state index is 0.00380. The van der Waals surface area contributed by atoms with E-state index in [4.69, 9.17) is 80.4 Å². The number of aryl methyl sites for hydroxylation is 3.